The van der Waals surface area contributed by atoms with E-state index in [1.807, 2.05) is 6.07 Å². The highest BCUT2D eigenvalue weighted by Crippen LogP contribution is 2.64. The Hall–Kier alpha value is -8.60. The van der Waals surface area contributed by atoms with Crippen LogP contribution in [0.2, 0.25) is 0 Å². The minimum absolute atomic E-state index is 0.706. The van der Waals surface area contributed by atoms with Crippen molar-refractivity contribution in [1.29, 1.82) is 0 Å². The molecule has 0 radical (unpaired) electrons. The number of benzene rings is 10. The molecule has 1 spiro atoms. The Morgan fingerprint density at radius 1 is 0.385 bits per heavy atom. The van der Waals surface area contributed by atoms with Crippen molar-refractivity contribution in [2.45, 2.75) is 5.41 Å². The molecule has 0 saturated heterocycles. The van der Waals surface area contributed by atoms with E-state index in [-0.39, 0.29) is 0 Å². The summed E-state index contributed by atoms with van der Waals surface area (Å²) in [5.41, 5.74) is 15.1. The maximum Gasteiger partial charge on any atom is 0.178 e. The van der Waals surface area contributed by atoms with E-state index in [0.717, 1.165) is 89.5 Å². The number of hydrogen-bond acceptors (Lipinski definition) is 4. The van der Waals surface area contributed by atoms with Crippen LogP contribution in [-0.2, 0) is 5.41 Å². The van der Waals surface area contributed by atoms with E-state index in [1.165, 1.54) is 38.6 Å². The summed E-state index contributed by atoms with van der Waals surface area (Å²) in [4.78, 5) is 2.36. The van der Waals surface area contributed by atoms with Crippen LogP contribution in [0, 0.1) is 0 Å². The molecule has 0 fully saturated rings. The molecule has 0 N–H and O–H groups in total. The number of para-hydroxylation sites is 2. The Morgan fingerprint density at radius 2 is 1.00 bits per heavy atom. The molecule has 12 aromatic rings. The van der Waals surface area contributed by atoms with E-state index < -0.39 is 5.41 Å². The molecular formula is C61H37NO3. The molecule has 1 aliphatic heterocycles. The second-order valence-electron chi connectivity index (χ2n) is 17.1. The number of rotatable bonds is 5. The van der Waals surface area contributed by atoms with Crippen LogP contribution in [0.25, 0.3) is 77.1 Å². The zero-order valence-electron chi connectivity index (χ0n) is 35.0. The molecule has 3 heterocycles. The van der Waals surface area contributed by atoms with Crippen LogP contribution < -0.4 is 9.64 Å². The van der Waals surface area contributed by atoms with E-state index in [2.05, 4.69) is 223 Å². The molecule has 0 saturated carbocycles. The molecule has 2 aliphatic rings. The van der Waals surface area contributed by atoms with Gasteiger partial charge in [0.05, 0.1) is 16.5 Å². The summed E-state index contributed by atoms with van der Waals surface area (Å²) >= 11 is 0. The number of fused-ring (bicyclic) bond motifs is 15. The van der Waals surface area contributed by atoms with E-state index in [0.29, 0.717) is 0 Å². The van der Waals surface area contributed by atoms with Crippen molar-refractivity contribution in [1.82, 2.24) is 0 Å². The lowest BCUT2D eigenvalue weighted by Crippen LogP contribution is -2.31. The Balaban J connectivity index is 1.02. The fourth-order valence-electron chi connectivity index (χ4n) is 11.0. The zero-order valence-corrected chi connectivity index (χ0v) is 35.0. The monoisotopic (exact) mass is 831 g/mol. The Bertz CT molecular complexity index is 3830. The summed E-state index contributed by atoms with van der Waals surface area (Å²) in [6.45, 7) is 0. The lowest BCUT2D eigenvalue weighted by Gasteiger charge is -2.36. The smallest absolute Gasteiger partial charge is 0.178 e. The van der Waals surface area contributed by atoms with Crippen LogP contribution in [0.1, 0.15) is 22.5 Å². The summed E-state index contributed by atoms with van der Waals surface area (Å²) in [7, 11) is 0. The van der Waals surface area contributed by atoms with Crippen LogP contribution in [-0.4, -0.2) is 0 Å². The zero-order chi connectivity index (χ0) is 42.6. The molecule has 304 valence electrons. The van der Waals surface area contributed by atoms with Gasteiger partial charge < -0.3 is 18.5 Å². The van der Waals surface area contributed by atoms with Crippen molar-refractivity contribution < 1.29 is 13.6 Å². The van der Waals surface area contributed by atoms with Gasteiger partial charge in [-0.1, -0.05) is 170 Å². The normalized spacial score (nSPS) is 13.2. The summed E-state index contributed by atoms with van der Waals surface area (Å²) < 4.78 is 21.0. The summed E-state index contributed by atoms with van der Waals surface area (Å²) in [5, 5.41) is 5.44. The van der Waals surface area contributed by atoms with Crippen molar-refractivity contribution in [3.63, 3.8) is 0 Å². The quantitative estimate of drug-likeness (QED) is 0.173. The van der Waals surface area contributed by atoms with Crippen molar-refractivity contribution in [2.24, 2.45) is 0 Å². The highest BCUT2D eigenvalue weighted by molar-refractivity contribution is 6.17. The average Bonchev–Trinajstić information content (AvgIpc) is 4.04. The van der Waals surface area contributed by atoms with Gasteiger partial charge in [-0.25, -0.2) is 0 Å². The molecule has 4 nitrogen and oxygen atoms in total. The molecule has 0 unspecified atom stereocenters. The molecule has 0 amide bonds. The maximum atomic E-state index is 7.17. The van der Waals surface area contributed by atoms with Crippen LogP contribution in [0.3, 0.4) is 0 Å². The van der Waals surface area contributed by atoms with Crippen molar-refractivity contribution in [2.75, 3.05) is 4.90 Å². The third-order valence-corrected chi connectivity index (χ3v) is 13.7. The van der Waals surface area contributed by atoms with Crippen LogP contribution in [0.15, 0.2) is 233 Å². The summed E-state index contributed by atoms with van der Waals surface area (Å²) in [6.07, 6.45) is 0. The second kappa shape index (κ2) is 13.7. The molecule has 65 heavy (non-hydrogen) atoms. The first-order valence-corrected chi connectivity index (χ1v) is 22.2. The predicted molar refractivity (Wildman–Crippen MR) is 264 cm³/mol. The minimum atomic E-state index is -0.706. The van der Waals surface area contributed by atoms with Gasteiger partial charge in [-0.05, 0) is 104 Å². The maximum absolute atomic E-state index is 7.17. The lowest BCUT2D eigenvalue weighted by molar-refractivity contribution is 0.389. The van der Waals surface area contributed by atoms with Gasteiger partial charge in [0.25, 0.3) is 0 Å². The van der Waals surface area contributed by atoms with E-state index >= 15 is 0 Å². The Labute approximate surface area is 374 Å². The van der Waals surface area contributed by atoms with Crippen LogP contribution in [0.4, 0.5) is 17.1 Å². The third-order valence-electron chi connectivity index (χ3n) is 13.7. The first kappa shape index (κ1) is 35.9. The van der Waals surface area contributed by atoms with Gasteiger partial charge in [0.15, 0.2) is 11.5 Å². The number of nitrogens with zero attached hydrogens (tertiary/aromatic N) is 1. The van der Waals surface area contributed by atoms with Gasteiger partial charge >= 0.3 is 0 Å². The van der Waals surface area contributed by atoms with Crippen molar-refractivity contribution in [3.8, 4) is 44.9 Å². The highest BCUT2D eigenvalue weighted by atomic mass is 16.5. The molecule has 2 aromatic heterocycles. The number of hydrogen-bond donors (Lipinski definition) is 0. The number of furan rings is 2. The Morgan fingerprint density at radius 3 is 1.82 bits per heavy atom. The van der Waals surface area contributed by atoms with Gasteiger partial charge in [0.1, 0.15) is 27.9 Å². The SMILES string of the molecule is c1ccc(-c2ccc(N(c3ccc(-c4cccc5ccccc45)cc3)c3ccc4oc5c(c4c3)Oc3ccccc3C53c4ccccc4-c4ccccc43)c3c2oc2ccccc23)cc1. The van der Waals surface area contributed by atoms with Gasteiger partial charge in [0.2, 0.25) is 0 Å². The van der Waals surface area contributed by atoms with Crippen LogP contribution in [0.5, 0.6) is 11.5 Å². The summed E-state index contributed by atoms with van der Waals surface area (Å²) in [5.74, 6) is 2.35. The molecule has 0 atom stereocenters. The fraction of sp³-hybridized carbons (Fsp3) is 0.0164. The van der Waals surface area contributed by atoms with Gasteiger partial charge in [0, 0.05) is 27.9 Å². The second-order valence-corrected chi connectivity index (χ2v) is 17.1. The number of anilines is 3. The van der Waals surface area contributed by atoms with Crippen molar-refractivity contribution >= 4 is 60.7 Å². The average molecular weight is 832 g/mol. The topological polar surface area (TPSA) is 38.8 Å². The first-order valence-electron chi connectivity index (χ1n) is 22.2. The highest BCUT2D eigenvalue weighted by Gasteiger charge is 2.54. The van der Waals surface area contributed by atoms with E-state index in [4.69, 9.17) is 13.6 Å². The van der Waals surface area contributed by atoms with Gasteiger partial charge in [-0.15, -0.1) is 0 Å². The summed E-state index contributed by atoms with van der Waals surface area (Å²) in [6, 6.07) is 79.8. The van der Waals surface area contributed by atoms with Crippen LogP contribution >= 0.6 is 0 Å². The lowest BCUT2D eigenvalue weighted by atomic mass is 9.69. The third kappa shape index (κ3) is 5.08. The van der Waals surface area contributed by atoms with E-state index in [1.54, 1.807) is 0 Å². The molecule has 14 rings (SSSR count). The van der Waals surface area contributed by atoms with Gasteiger partial charge in [-0.3, -0.25) is 0 Å². The Kier molecular flexibility index (Phi) is 7.57. The molecule has 10 aromatic carbocycles. The molecule has 4 heteroatoms. The molecular weight excluding hydrogens is 795 g/mol. The molecule has 1 aliphatic carbocycles. The largest absolute Gasteiger partial charge is 0.455 e. The fourth-order valence-corrected chi connectivity index (χ4v) is 11.0. The van der Waals surface area contributed by atoms with Crippen molar-refractivity contribution in [3.05, 3.63) is 247 Å². The number of ether oxygens (including phenoxy) is 1. The predicted octanol–water partition coefficient (Wildman–Crippen LogP) is 16.8. The minimum Gasteiger partial charge on any atom is -0.455 e. The molecule has 0 bridgehead atoms. The first-order chi connectivity index (χ1) is 32.2. The van der Waals surface area contributed by atoms with E-state index in [9.17, 15) is 0 Å². The van der Waals surface area contributed by atoms with Gasteiger partial charge in [-0.2, -0.15) is 0 Å². The standard InChI is InChI=1S/C61H37NO3/c1-2-15-39(16-3-1)45-34-35-53(57-48-22-8-12-27-54(48)63-58(45)57)62(41-31-29-40(30-32-41)44-23-14-18-38-17-4-5-19-43(38)44)42-33-36-55-49(37-42)59-60(65-55)61(52-26-11-13-28-56(52)64-59)50-24-9-6-20-46(50)47-21-7-10-25-51(47)61/h1-37H.